The molecule has 3 rings (SSSR count). The van der Waals surface area contributed by atoms with Gasteiger partial charge in [0.15, 0.2) is 0 Å². The second kappa shape index (κ2) is 10.2. The van der Waals surface area contributed by atoms with Crippen molar-refractivity contribution in [2.24, 2.45) is 5.41 Å². The molecule has 1 heterocycles. The molecule has 0 saturated carbocycles. The van der Waals surface area contributed by atoms with Crippen LogP contribution in [0.15, 0.2) is 54.6 Å². The second-order valence-electron chi connectivity index (χ2n) is 7.54. The Morgan fingerprint density at radius 2 is 1.38 bits per heavy atom. The number of nitrogens with one attached hydrogen (secondary N) is 1. The molecule has 1 saturated heterocycles. The number of hydrogen-bond donors (Lipinski definition) is 1. The minimum atomic E-state index is 0. The zero-order chi connectivity index (χ0) is 17.0. The number of benzene rings is 2. The van der Waals surface area contributed by atoms with Crippen molar-refractivity contribution < 1.29 is 4.74 Å². The normalized spacial score (nSPS) is 16.1. The Morgan fingerprint density at radius 1 is 0.846 bits per heavy atom. The van der Waals surface area contributed by atoms with Crippen LogP contribution >= 0.6 is 24.8 Å². The number of rotatable bonds is 4. The lowest BCUT2D eigenvalue weighted by atomic mass is 9.81. The zero-order valence-electron chi connectivity index (χ0n) is 15.8. The van der Waals surface area contributed by atoms with Crippen LogP contribution in [-0.2, 0) is 0 Å². The molecule has 144 valence electrons. The Balaban J connectivity index is 0.00000169. The topological polar surface area (TPSA) is 24.5 Å². The van der Waals surface area contributed by atoms with E-state index in [0.717, 1.165) is 37.7 Å². The maximum Gasteiger partial charge on any atom is 0.127 e. The average molecular weight is 397 g/mol. The van der Waals surface area contributed by atoms with Crippen LogP contribution in [0.5, 0.6) is 11.5 Å². The maximum absolute atomic E-state index is 5.92. The summed E-state index contributed by atoms with van der Waals surface area (Å²) in [4.78, 5) is 2.60. The van der Waals surface area contributed by atoms with Gasteiger partial charge in [0, 0.05) is 32.2 Å². The summed E-state index contributed by atoms with van der Waals surface area (Å²) in [6.07, 6.45) is 0. The first kappa shape index (κ1) is 22.8. The van der Waals surface area contributed by atoms with Crippen molar-refractivity contribution in [3.05, 3.63) is 60.2 Å². The third-order valence-electron chi connectivity index (χ3n) is 4.51. The molecule has 1 aliphatic rings. The van der Waals surface area contributed by atoms with Crippen molar-refractivity contribution in [3.8, 4) is 11.5 Å². The molecular formula is C21H30Cl2N2O. The maximum atomic E-state index is 5.92. The fourth-order valence-electron chi connectivity index (χ4n) is 3.54. The molecule has 0 radical (unpaired) electrons. The highest BCUT2D eigenvalue weighted by atomic mass is 35.5. The molecule has 0 spiro atoms. The Bertz CT molecular complexity index is 635. The lowest BCUT2D eigenvalue weighted by Gasteiger charge is -2.42. The summed E-state index contributed by atoms with van der Waals surface area (Å²) in [7, 11) is 0. The van der Waals surface area contributed by atoms with Gasteiger partial charge in [-0.3, -0.25) is 4.90 Å². The van der Waals surface area contributed by atoms with E-state index in [1.54, 1.807) is 0 Å². The van der Waals surface area contributed by atoms with Gasteiger partial charge in [0.1, 0.15) is 11.5 Å². The van der Waals surface area contributed by atoms with Crippen LogP contribution in [0.2, 0.25) is 0 Å². The molecule has 1 fully saturated rings. The lowest BCUT2D eigenvalue weighted by molar-refractivity contribution is 0.0862. The number of nitrogens with zero attached hydrogens (tertiary/aromatic N) is 1. The number of piperazine rings is 1. The van der Waals surface area contributed by atoms with E-state index in [1.807, 2.05) is 30.3 Å². The quantitative estimate of drug-likeness (QED) is 0.756. The summed E-state index contributed by atoms with van der Waals surface area (Å²) >= 11 is 0. The van der Waals surface area contributed by atoms with Crippen LogP contribution in [-0.4, -0.2) is 31.1 Å². The molecule has 0 aromatic heterocycles. The largest absolute Gasteiger partial charge is 0.457 e. The van der Waals surface area contributed by atoms with Gasteiger partial charge in [0.25, 0.3) is 0 Å². The predicted molar refractivity (Wildman–Crippen MR) is 114 cm³/mol. The summed E-state index contributed by atoms with van der Waals surface area (Å²) in [5.74, 6) is 1.76. The Hall–Kier alpha value is -1.26. The van der Waals surface area contributed by atoms with E-state index in [2.05, 4.69) is 55.3 Å². The van der Waals surface area contributed by atoms with Crippen molar-refractivity contribution in [2.75, 3.05) is 26.2 Å². The van der Waals surface area contributed by atoms with Crippen LogP contribution in [0.4, 0.5) is 0 Å². The van der Waals surface area contributed by atoms with Gasteiger partial charge in [-0.2, -0.15) is 0 Å². The first-order valence-corrected chi connectivity index (χ1v) is 8.82. The second-order valence-corrected chi connectivity index (χ2v) is 7.54. The number of halogens is 2. The van der Waals surface area contributed by atoms with Crippen molar-refractivity contribution in [3.63, 3.8) is 0 Å². The summed E-state index contributed by atoms with van der Waals surface area (Å²) in [5, 5.41) is 3.45. The van der Waals surface area contributed by atoms with Gasteiger partial charge in [-0.15, -0.1) is 24.8 Å². The first-order chi connectivity index (χ1) is 11.5. The molecule has 5 heteroatoms. The van der Waals surface area contributed by atoms with Crippen molar-refractivity contribution in [1.82, 2.24) is 10.2 Å². The van der Waals surface area contributed by atoms with Crippen molar-refractivity contribution in [2.45, 2.75) is 26.8 Å². The molecule has 0 bridgehead atoms. The summed E-state index contributed by atoms with van der Waals surface area (Å²) in [5.41, 5.74) is 1.56. The average Bonchev–Trinajstić information content (AvgIpc) is 2.57. The fourth-order valence-corrected chi connectivity index (χ4v) is 3.54. The molecular weight excluding hydrogens is 367 g/mol. The highest BCUT2D eigenvalue weighted by molar-refractivity contribution is 5.85. The van der Waals surface area contributed by atoms with E-state index in [0.29, 0.717) is 6.04 Å². The summed E-state index contributed by atoms with van der Waals surface area (Å²) in [6, 6.07) is 19.0. The highest BCUT2D eigenvalue weighted by Gasteiger charge is 2.32. The molecule has 2 aromatic carbocycles. The zero-order valence-corrected chi connectivity index (χ0v) is 17.4. The van der Waals surface area contributed by atoms with Gasteiger partial charge in [-0.1, -0.05) is 51.1 Å². The monoisotopic (exact) mass is 396 g/mol. The summed E-state index contributed by atoms with van der Waals surface area (Å²) < 4.78 is 5.92. The van der Waals surface area contributed by atoms with Gasteiger partial charge >= 0.3 is 0 Å². The van der Waals surface area contributed by atoms with Crippen LogP contribution in [0.1, 0.15) is 32.4 Å². The first-order valence-electron chi connectivity index (χ1n) is 8.82. The standard InChI is InChI=1S/C21H28N2O.2ClH/c1-21(2,3)20(23-15-13-22-14-16-23)17-9-11-19(12-10-17)24-18-7-5-4-6-8-18;;/h4-12,20,22H,13-16H2,1-3H3;2*1H/t20-;;/m0../s1. The van der Waals surface area contributed by atoms with Crippen LogP contribution < -0.4 is 10.1 Å². The Kier molecular flexibility index (Phi) is 8.91. The fraction of sp³-hybridized carbons (Fsp3) is 0.429. The van der Waals surface area contributed by atoms with Crippen LogP contribution in [0.3, 0.4) is 0 Å². The SMILES string of the molecule is CC(C)(C)[C@H](c1ccc(Oc2ccccc2)cc1)N1CCNCC1.Cl.Cl. The van der Waals surface area contributed by atoms with E-state index in [4.69, 9.17) is 4.74 Å². The molecule has 1 atom stereocenters. The Labute approximate surface area is 169 Å². The predicted octanol–water partition coefficient (Wildman–Crippen LogP) is 5.31. The molecule has 0 aliphatic carbocycles. The number of hydrogen-bond acceptors (Lipinski definition) is 3. The van der Waals surface area contributed by atoms with E-state index in [9.17, 15) is 0 Å². The van der Waals surface area contributed by atoms with E-state index >= 15 is 0 Å². The third kappa shape index (κ3) is 5.88. The van der Waals surface area contributed by atoms with Gasteiger partial charge in [-0.05, 0) is 35.2 Å². The summed E-state index contributed by atoms with van der Waals surface area (Å²) in [6.45, 7) is 11.3. The molecule has 2 aromatic rings. The van der Waals surface area contributed by atoms with Crippen molar-refractivity contribution >= 4 is 24.8 Å². The third-order valence-corrected chi connectivity index (χ3v) is 4.51. The van der Waals surface area contributed by atoms with Gasteiger partial charge in [0.2, 0.25) is 0 Å². The van der Waals surface area contributed by atoms with Gasteiger partial charge < -0.3 is 10.1 Å². The lowest BCUT2D eigenvalue weighted by Crippen LogP contribution is -2.48. The smallest absolute Gasteiger partial charge is 0.127 e. The van der Waals surface area contributed by atoms with Gasteiger partial charge in [0.05, 0.1) is 0 Å². The van der Waals surface area contributed by atoms with Crippen LogP contribution in [0.25, 0.3) is 0 Å². The Morgan fingerprint density at radius 3 is 1.92 bits per heavy atom. The number of para-hydroxylation sites is 1. The van der Waals surface area contributed by atoms with Crippen molar-refractivity contribution in [1.29, 1.82) is 0 Å². The molecule has 1 N–H and O–H groups in total. The van der Waals surface area contributed by atoms with Gasteiger partial charge in [-0.25, -0.2) is 0 Å². The highest BCUT2D eigenvalue weighted by Crippen LogP contribution is 2.38. The molecule has 0 unspecified atom stereocenters. The van der Waals surface area contributed by atoms with E-state index in [-0.39, 0.29) is 30.2 Å². The molecule has 26 heavy (non-hydrogen) atoms. The molecule has 1 aliphatic heterocycles. The molecule has 3 nitrogen and oxygen atoms in total. The van der Waals surface area contributed by atoms with E-state index in [1.165, 1.54) is 5.56 Å². The van der Waals surface area contributed by atoms with E-state index < -0.39 is 0 Å². The number of ether oxygens (including phenoxy) is 1. The minimum Gasteiger partial charge on any atom is -0.457 e. The molecule has 0 amide bonds. The van der Waals surface area contributed by atoms with Crippen LogP contribution in [0, 0.1) is 5.41 Å². The minimum absolute atomic E-state index is 0.